The molecule has 0 spiro atoms. The Labute approximate surface area is 128 Å². The van der Waals surface area contributed by atoms with Crippen LogP contribution in [0.15, 0.2) is 24.3 Å². The quantitative estimate of drug-likeness (QED) is 0.929. The fourth-order valence-corrected chi connectivity index (χ4v) is 3.23. The predicted molar refractivity (Wildman–Crippen MR) is 87.2 cm³/mol. The highest BCUT2D eigenvalue weighted by Crippen LogP contribution is 2.29. The van der Waals surface area contributed by atoms with Crippen molar-refractivity contribution >= 4 is 5.91 Å². The van der Waals surface area contributed by atoms with Gasteiger partial charge in [0.2, 0.25) is 5.91 Å². The molecule has 3 nitrogen and oxygen atoms in total. The van der Waals surface area contributed by atoms with Crippen LogP contribution in [-0.4, -0.2) is 29.9 Å². The molecule has 116 valence electrons. The van der Waals surface area contributed by atoms with Crippen LogP contribution in [0.2, 0.25) is 0 Å². The molecule has 1 aliphatic rings. The number of nitrogens with zero attached hydrogens (tertiary/aromatic N) is 1. The van der Waals surface area contributed by atoms with E-state index in [-0.39, 0.29) is 23.3 Å². The largest absolute Gasteiger partial charge is 0.342 e. The van der Waals surface area contributed by atoms with Gasteiger partial charge in [0.05, 0.1) is 0 Å². The fraction of sp³-hybridized carbons (Fsp3) is 0.611. The average molecular weight is 288 g/mol. The Morgan fingerprint density at radius 3 is 2.71 bits per heavy atom. The van der Waals surface area contributed by atoms with Gasteiger partial charge in [0.1, 0.15) is 0 Å². The molecule has 1 heterocycles. The Kier molecular flexibility index (Phi) is 4.72. The molecular weight excluding hydrogens is 260 g/mol. The Hall–Kier alpha value is -1.35. The smallest absolute Gasteiger partial charge is 0.223 e. The van der Waals surface area contributed by atoms with Crippen LogP contribution in [0.5, 0.6) is 0 Å². The van der Waals surface area contributed by atoms with Gasteiger partial charge in [-0.05, 0) is 35.8 Å². The zero-order chi connectivity index (χ0) is 15.6. The minimum Gasteiger partial charge on any atom is -0.342 e. The molecule has 2 rings (SSSR count). The van der Waals surface area contributed by atoms with E-state index in [0.29, 0.717) is 6.42 Å². The topological polar surface area (TPSA) is 46.3 Å². The third-order valence-corrected chi connectivity index (χ3v) is 4.87. The molecule has 1 aromatic rings. The van der Waals surface area contributed by atoms with Gasteiger partial charge in [-0.2, -0.15) is 0 Å². The van der Waals surface area contributed by atoms with E-state index < -0.39 is 0 Å². The highest BCUT2D eigenvalue weighted by molar-refractivity contribution is 5.77. The number of piperidine rings is 1. The molecule has 2 N–H and O–H groups in total. The van der Waals surface area contributed by atoms with Crippen LogP contribution >= 0.6 is 0 Å². The van der Waals surface area contributed by atoms with Crippen molar-refractivity contribution in [2.75, 3.05) is 13.1 Å². The molecule has 0 aliphatic carbocycles. The second-order valence-corrected chi connectivity index (χ2v) is 7.16. The Morgan fingerprint density at radius 2 is 2.10 bits per heavy atom. The number of amides is 1. The highest BCUT2D eigenvalue weighted by atomic mass is 16.2. The summed E-state index contributed by atoms with van der Waals surface area (Å²) < 4.78 is 0. The van der Waals surface area contributed by atoms with Gasteiger partial charge in [-0.15, -0.1) is 0 Å². The Bertz CT molecular complexity index is 510. The van der Waals surface area contributed by atoms with E-state index in [0.717, 1.165) is 19.5 Å². The predicted octanol–water partition coefficient (Wildman–Crippen LogP) is 3.07. The molecule has 0 radical (unpaired) electrons. The third-order valence-electron chi connectivity index (χ3n) is 4.87. The van der Waals surface area contributed by atoms with Crippen molar-refractivity contribution in [1.29, 1.82) is 0 Å². The van der Waals surface area contributed by atoms with Crippen molar-refractivity contribution in [3.63, 3.8) is 0 Å². The van der Waals surface area contributed by atoms with E-state index in [1.54, 1.807) is 0 Å². The summed E-state index contributed by atoms with van der Waals surface area (Å²) in [4.78, 5) is 14.6. The molecular formula is C18H28N2O. The monoisotopic (exact) mass is 288 g/mol. The second-order valence-electron chi connectivity index (χ2n) is 7.16. The molecule has 0 aromatic heterocycles. The first-order valence-electron chi connectivity index (χ1n) is 7.90. The first-order valence-corrected chi connectivity index (χ1v) is 7.90. The number of aryl methyl sites for hydroxylation is 1. The minimum absolute atomic E-state index is 0.0137. The molecule has 1 aliphatic heterocycles. The molecule has 1 fully saturated rings. The van der Waals surface area contributed by atoms with E-state index in [1.807, 2.05) is 17.0 Å². The second kappa shape index (κ2) is 6.18. The number of hydrogen-bond acceptors (Lipinski definition) is 2. The van der Waals surface area contributed by atoms with Crippen LogP contribution in [0.4, 0.5) is 0 Å². The Morgan fingerprint density at radius 1 is 1.43 bits per heavy atom. The van der Waals surface area contributed by atoms with Gasteiger partial charge in [-0.3, -0.25) is 4.79 Å². The van der Waals surface area contributed by atoms with Crippen LogP contribution < -0.4 is 5.73 Å². The van der Waals surface area contributed by atoms with Gasteiger partial charge in [-0.25, -0.2) is 0 Å². The summed E-state index contributed by atoms with van der Waals surface area (Å²) in [6, 6.07) is 8.52. The van der Waals surface area contributed by atoms with E-state index in [4.69, 9.17) is 5.73 Å². The fourth-order valence-electron chi connectivity index (χ4n) is 3.23. The normalized spacial score (nSPS) is 22.9. The molecule has 1 aromatic carbocycles. The minimum atomic E-state index is 0.0137. The lowest BCUT2D eigenvalue weighted by molar-refractivity contribution is -0.135. The van der Waals surface area contributed by atoms with Gasteiger partial charge in [0, 0.05) is 25.6 Å². The van der Waals surface area contributed by atoms with Crippen molar-refractivity contribution in [2.24, 2.45) is 11.1 Å². The number of nitrogens with two attached hydrogens (primary N) is 1. The van der Waals surface area contributed by atoms with Gasteiger partial charge in [-0.1, -0.05) is 45.0 Å². The number of benzene rings is 1. The summed E-state index contributed by atoms with van der Waals surface area (Å²) in [5.74, 6) is 0.517. The van der Waals surface area contributed by atoms with Crippen molar-refractivity contribution in [1.82, 2.24) is 4.90 Å². The number of likely N-dealkylation sites (tertiary alicyclic amines) is 1. The van der Waals surface area contributed by atoms with E-state index in [9.17, 15) is 4.79 Å². The lowest BCUT2D eigenvalue weighted by atomic mass is 9.79. The highest BCUT2D eigenvalue weighted by Gasteiger charge is 2.35. The number of carbonyl (C=O) groups is 1. The van der Waals surface area contributed by atoms with Gasteiger partial charge >= 0.3 is 0 Å². The maximum absolute atomic E-state index is 12.6. The SMILES string of the molecule is Cc1ccccc1C(C)CC(=O)N1CCC(N)C(C)(C)C1. The van der Waals surface area contributed by atoms with Crippen LogP contribution in [0, 0.1) is 12.3 Å². The summed E-state index contributed by atoms with van der Waals surface area (Å²) in [6.45, 7) is 10.1. The van der Waals surface area contributed by atoms with Crippen LogP contribution in [0.1, 0.15) is 50.7 Å². The maximum Gasteiger partial charge on any atom is 0.223 e. The summed E-state index contributed by atoms with van der Waals surface area (Å²) in [5.41, 5.74) is 8.70. The standard InChI is InChI=1S/C18H28N2O/c1-13-7-5-6-8-15(13)14(2)11-17(21)20-10-9-16(19)18(3,4)12-20/h5-8,14,16H,9-12,19H2,1-4H3. The van der Waals surface area contributed by atoms with Gasteiger partial charge in [0.25, 0.3) is 0 Å². The van der Waals surface area contributed by atoms with E-state index >= 15 is 0 Å². The van der Waals surface area contributed by atoms with Gasteiger partial charge in [0.15, 0.2) is 0 Å². The van der Waals surface area contributed by atoms with Crippen molar-refractivity contribution < 1.29 is 4.79 Å². The molecule has 0 bridgehead atoms. The van der Waals surface area contributed by atoms with Gasteiger partial charge < -0.3 is 10.6 Å². The number of hydrogen-bond donors (Lipinski definition) is 1. The Balaban J connectivity index is 2.00. The lowest BCUT2D eigenvalue weighted by Crippen LogP contribution is -2.54. The molecule has 2 atom stereocenters. The molecule has 21 heavy (non-hydrogen) atoms. The van der Waals surface area contributed by atoms with Crippen molar-refractivity contribution in [3.05, 3.63) is 35.4 Å². The first kappa shape index (κ1) is 16.0. The third kappa shape index (κ3) is 3.65. The summed E-state index contributed by atoms with van der Waals surface area (Å²) in [7, 11) is 0. The average Bonchev–Trinajstić information content (AvgIpc) is 2.42. The number of rotatable bonds is 3. The first-order chi connectivity index (χ1) is 9.81. The summed E-state index contributed by atoms with van der Waals surface area (Å²) >= 11 is 0. The molecule has 3 heteroatoms. The van der Waals surface area contributed by atoms with E-state index in [2.05, 4.69) is 39.8 Å². The van der Waals surface area contributed by atoms with Crippen molar-refractivity contribution in [2.45, 2.75) is 52.5 Å². The molecule has 2 unspecified atom stereocenters. The van der Waals surface area contributed by atoms with Crippen molar-refractivity contribution in [3.8, 4) is 0 Å². The zero-order valence-corrected chi connectivity index (χ0v) is 13.7. The summed E-state index contributed by atoms with van der Waals surface area (Å²) in [6.07, 6.45) is 1.48. The zero-order valence-electron chi connectivity index (χ0n) is 13.7. The lowest BCUT2D eigenvalue weighted by Gasteiger charge is -2.43. The molecule has 1 amide bonds. The number of carbonyl (C=O) groups excluding carboxylic acids is 1. The van der Waals surface area contributed by atoms with E-state index in [1.165, 1.54) is 11.1 Å². The molecule has 1 saturated heterocycles. The maximum atomic E-state index is 12.6. The van der Waals surface area contributed by atoms with Crippen LogP contribution in [-0.2, 0) is 4.79 Å². The summed E-state index contributed by atoms with van der Waals surface area (Å²) in [5, 5.41) is 0. The van der Waals surface area contributed by atoms with Crippen LogP contribution in [0.25, 0.3) is 0 Å². The van der Waals surface area contributed by atoms with Crippen LogP contribution in [0.3, 0.4) is 0 Å². The molecule has 0 saturated carbocycles.